The average molecular weight is 367 g/mol. The fourth-order valence-corrected chi connectivity index (χ4v) is 7.62. The molecule has 5 fully saturated rings. The molecule has 4 nitrogen and oxygen atoms in total. The Morgan fingerprint density at radius 1 is 1.18 bits per heavy atom. The van der Waals surface area contributed by atoms with E-state index in [2.05, 4.69) is 21.1 Å². The quantitative estimate of drug-likeness (QED) is 0.762. The lowest BCUT2D eigenvalue weighted by atomic mass is 9.48. The molecule has 5 atom stereocenters. The molecular weight excluding hydrogens is 344 g/mol. The second-order valence-electron chi connectivity index (χ2n) is 8.40. The van der Waals surface area contributed by atoms with E-state index in [0.29, 0.717) is 15.7 Å². The molecule has 0 spiro atoms. The Hall–Kier alpha value is -0.420. The van der Waals surface area contributed by atoms with Crippen molar-refractivity contribution in [2.45, 2.75) is 61.6 Å². The van der Waals surface area contributed by atoms with Crippen LogP contribution in [0.3, 0.4) is 0 Å². The highest BCUT2D eigenvalue weighted by molar-refractivity contribution is 9.10. The molecule has 1 aliphatic heterocycles. The molecule has 0 amide bonds. The summed E-state index contributed by atoms with van der Waals surface area (Å²) in [4.78, 5) is 4.72. The van der Waals surface area contributed by atoms with E-state index in [4.69, 9.17) is 14.2 Å². The van der Waals surface area contributed by atoms with Gasteiger partial charge in [0.1, 0.15) is 0 Å². The Kier molecular flexibility index (Phi) is 3.04. The van der Waals surface area contributed by atoms with Gasteiger partial charge in [0.25, 0.3) is 0 Å². The van der Waals surface area contributed by atoms with E-state index in [9.17, 15) is 0 Å². The van der Waals surface area contributed by atoms with Crippen LogP contribution in [0.1, 0.15) is 62.6 Å². The standard InChI is InChI=1S/C17H23BrN2O2/c18-17-6-11-3-12(7-17)5-16(4-11,10-17)8-14-19-15(20-22-14)13-1-2-21-9-13/h11-13H,1-10H2/t11-,12+,13-,16?,17?/m1/s1. The molecule has 2 unspecified atom stereocenters. The van der Waals surface area contributed by atoms with E-state index in [0.717, 1.165) is 49.6 Å². The first-order valence-corrected chi connectivity index (χ1v) is 9.50. The lowest BCUT2D eigenvalue weighted by Crippen LogP contribution is -2.53. The monoisotopic (exact) mass is 366 g/mol. The van der Waals surface area contributed by atoms with Crippen LogP contribution in [0.4, 0.5) is 0 Å². The minimum absolute atomic E-state index is 0.344. The van der Waals surface area contributed by atoms with Crippen molar-refractivity contribution in [1.82, 2.24) is 10.1 Å². The van der Waals surface area contributed by atoms with Crippen molar-refractivity contribution in [3.05, 3.63) is 11.7 Å². The smallest absolute Gasteiger partial charge is 0.227 e. The van der Waals surface area contributed by atoms with Gasteiger partial charge >= 0.3 is 0 Å². The van der Waals surface area contributed by atoms with Gasteiger partial charge in [-0.1, -0.05) is 21.1 Å². The fraction of sp³-hybridized carbons (Fsp3) is 0.882. The maximum Gasteiger partial charge on any atom is 0.227 e. The molecule has 4 saturated carbocycles. The van der Waals surface area contributed by atoms with E-state index < -0.39 is 0 Å². The summed E-state index contributed by atoms with van der Waals surface area (Å²) in [6.07, 6.45) is 10.2. The van der Waals surface area contributed by atoms with Gasteiger partial charge in [-0.2, -0.15) is 4.98 Å². The first kappa shape index (κ1) is 14.0. The van der Waals surface area contributed by atoms with E-state index in [1.807, 2.05) is 0 Å². The molecule has 4 aliphatic carbocycles. The molecule has 2 heterocycles. The Labute approximate surface area is 139 Å². The number of hydrogen-bond donors (Lipinski definition) is 0. The van der Waals surface area contributed by atoms with Gasteiger partial charge < -0.3 is 9.26 Å². The summed E-state index contributed by atoms with van der Waals surface area (Å²) in [6.45, 7) is 1.58. The van der Waals surface area contributed by atoms with Crippen LogP contribution in [0.2, 0.25) is 0 Å². The summed E-state index contributed by atoms with van der Waals surface area (Å²) < 4.78 is 11.5. The molecule has 0 radical (unpaired) electrons. The predicted molar refractivity (Wildman–Crippen MR) is 85.0 cm³/mol. The first-order chi connectivity index (χ1) is 10.6. The SMILES string of the molecule is BrC12C[C@H]3C[C@@H](C1)CC(Cc1nc([C@@H]4CCOC4)no1)(C3)C2. The number of hydrogen-bond acceptors (Lipinski definition) is 4. The van der Waals surface area contributed by atoms with Crippen molar-refractivity contribution in [1.29, 1.82) is 0 Å². The van der Waals surface area contributed by atoms with Gasteiger partial charge in [-0.25, -0.2) is 0 Å². The largest absolute Gasteiger partial charge is 0.381 e. The van der Waals surface area contributed by atoms with Gasteiger partial charge in [-0.3, -0.25) is 0 Å². The number of nitrogens with zero attached hydrogens (tertiary/aromatic N) is 2. The zero-order chi connectivity index (χ0) is 14.8. The van der Waals surface area contributed by atoms with Crippen LogP contribution >= 0.6 is 15.9 Å². The molecule has 5 aliphatic rings. The minimum atomic E-state index is 0.344. The number of ether oxygens (including phenoxy) is 1. The predicted octanol–water partition coefficient (Wildman–Crippen LogP) is 3.85. The molecule has 4 bridgehead atoms. The van der Waals surface area contributed by atoms with Gasteiger partial charge in [-0.15, -0.1) is 0 Å². The molecule has 0 aromatic carbocycles. The third-order valence-electron chi connectivity index (χ3n) is 6.42. The molecule has 1 aromatic rings. The lowest BCUT2D eigenvalue weighted by molar-refractivity contribution is -0.0383. The summed E-state index contributed by atoms with van der Waals surface area (Å²) in [5.74, 6) is 3.89. The second kappa shape index (κ2) is 4.79. The van der Waals surface area contributed by atoms with Crippen molar-refractivity contribution >= 4 is 15.9 Å². The molecule has 1 saturated heterocycles. The maximum atomic E-state index is 5.62. The lowest BCUT2D eigenvalue weighted by Gasteiger charge is -2.60. The van der Waals surface area contributed by atoms with Crippen molar-refractivity contribution < 1.29 is 9.26 Å². The van der Waals surface area contributed by atoms with Crippen LogP contribution in [-0.4, -0.2) is 27.7 Å². The van der Waals surface area contributed by atoms with E-state index in [-0.39, 0.29) is 0 Å². The van der Waals surface area contributed by atoms with Gasteiger partial charge in [0.05, 0.1) is 6.61 Å². The average Bonchev–Trinajstić information content (AvgIpc) is 3.05. The Bertz CT molecular complexity index is 567. The first-order valence-electron chi connectivity index (χ1n) is 8.71. The van der Waals surface area contributed by atoms with E-state index in [1.165, 1.54) is 38.5 Å². The fourth-order valence-electron chi connectivity index (χ4n) is 6.11. The van der Waals surface area contributed by atoms with E-state index >= 15 is 0 Å². The van der Waals surface area contributed by atoms with Crippen molar-refractivity contribution in [3.63, 3.8) is 0 Å². The molecule has 5 heteroatoms. The van der Waals surface area contributed by atoms with Crippen LogP contribution < -0.4 is 0 Å². The molecule has 1 aromatic heterocycles. The van der Waals surface area contributed by atoms with Crippen LogP contribution in [-0.2, 0) is 11.2 Å². The topological polar surface area (TPSA) is 48.2 Å². The summed E-state index contributed by atoms with van der Waals surface area (Å²) in [5.41, 5.74) is 0.406. The third-order valence-corrected chi connectivity index (χ3v) is 7.34. The number of alkyl halides is 1. The normalized spacial score (nSPS) is 46.5. The van der Waals surface area contributed by atoms with Crippen LogP contribution in [0.25, 0.3) is 0 Å². The summed E-state index contributed by atoms with van der Waals surface area (Å²) >= 11 is 4.08. The van der Waals surface area contributed by atoms with Crippen LogP contribution in [0, 0.1) is 17.3 Å². The summed E-state index contributed by atoms with van der Waals surface area (Å²) in [7, 11) is 0. The number of rotatable bonds is 3. The van der Waals surface area contributed by atoms with E-state index in [1.54, 1.807) is 0 Å². The number of halogens is 1. The zero-order valence-electron chi connectivity index (χ0n) is 12.9. The highest BCUT2D eigenvalue weighted by Crippen LogP contribution is 2.65. The van der Waals surface area contributed by atoms with Crippen molar-refractivity contribution in [3.8, 4) is 0 Å². The second-order valence-corrected chi connectivity index (χ2v) is 10.1. The van der Waals surface area contributed by atoms with Gasteiger partial charge in [0.2, 0.25) is 5.89 Å². The summed E-state index contributed by atoms with van der Waals surface area (Å²) in [5, 5.41) is 4.24. The van der Waals surface area contributed by atoms with Crippen molar-refractivity contribution in [2.75, 3.05) is 13.2 Å². The highest BCUT2D eigenvalue weighted by atomic mass is 79.9. The number of aromatic nitrogens is 2. The molecule has 22 heavy (non-hydrogen) atoms. The molecule has 0 N–H and O–H groups in total. The molecule has 6 rings (SSSR count). The van der Waals surface area contributed by atoms with Crippen LogP contribution in [0.5, 0.6) is 0 Å². The Morgan fingerprint density at radius 3 is 2.68 bits per heavy atom. The Balaban J connectivity index is 1.37. The van der Waals surface area contributed by atoms with Gasteiger partial charge in [0.15, 0.2) is 5.82 Å². The van der Waals surface area contributed by atoms with Gasteiger partial charge in [0, 0.05) is 23.3 Å². The minimum Gasteiger partial charge on any atom is -0.381 e. The van der Waals surface area contributed by atoms with Gasteiger partial charge in [-0.05, 0) is 62.2 Å². The molecule has 120 valence electrons. The molecular formula is C17H23BrN2O2. The maximum absolute atomic E-state index is 5.62. The highest BCUT2D eigenvalue weighted by Gasteiger charge is 2.57. The Morgan fingerprint density at radius 2 is 2.00 bits per heavy atom. The zero-order valence-corrected chi connectivity index (χ0v) is 14.5. The summed E-state index contributed by atoms with van der Waals surface area (Å²) in [6, 6.07) is 0. The third kappa shape index (κ3) is 2.27. The van der Waals surface area contributed by atoms with Crippen LogP contribution in [0.15, 0.2) is 4.52 Å². The van der Waals surface area contributed by atoms with Crippen molar-refractivity contribution in [2.24, 2.45) is 17.3 Å².